The number of pyridine rings is 2. The molecule has 11 heteroatoms. The van der Waals surface area contributed by atoms with E-state index < -0.39 is 28.8 Å². The molecule has 0 bridgehead atoms. The van der Waals surface area contributed by atoms with Gasteiger partial charge in [-0.15, -0.1) is 0 Å². The second-order valence-corrected chi connectivity index (χ2v) is 11.6. The molecule has 0 saturated heterocycles. The molecule has 3 heterocycles. The van der Waals surface area contributed by atoms with E-state index >= 15 is 0 Å². The van der Waals surface area contributed by atoms with Gasteiger partial charge in [-0.2, -0.15) is 0 Å². The van der Waals surface area contributed by atoms with Crippen molar-refractivity contribution in [1.29, 1.82) is 0 Å². The number of amides is 2. The minimum absolute atomic E-state index is 0.0648. The predicted molar refractivity (Wildman–Crippen MR) is 151 cm³/mol. The molecule has 2 aliphatic rings. The van der Waals surface area contributed by atoms with E-state index in [-0.39, 0.29) is 47.9 Å². The van der Waals surface area contributed by atoms with Gasteiger partial charge >= 0.3 is 0 Å². The average molecular weight is 595 g/mol. The van der Waals surface area contributed by atoms with Gasteiger partial charge in [0, 0.05) is 52.5 Å². The lowest BCUT2D eigenvalue weighted by Crippen LogP contribution is -2.40. The number of fused-ring (bicyclic) bond motifs is 2. The highest BCUT2D eigenvalue weighted by Gasteiger charge is 2.45. The number of carbonyl (C=O) groups excluding carboxylic acids is 2. The summed E-state index contributed by atoms with van der Waals surface area (Å²) in [6, 6.07) is 8.01. The van der Waals surface area contributed by atoms with E-state index in [1.807, 2.05) is 13.0 Å². The number of nitrogens with two attached hydrogens (primary N) is 1. The molecule has 2 atom stereocenters. The number of aromatic nitrogens is 2. The summed E-state index contributed by atoms with van der Waals surface area (Å²) < 4.78 is 48.8. The maximum absolute atomic E-state index is 15.0. The Morgan fingerprint density at radius 1 is 1.12 bits per heavy atom. The predicted octanol–water partition coefficient (Wildman–Crippen LogP) is 5.73. The number of halogens is 4. The number of benzene rings is 2. The molecule has 1 aliphatic heterocycles. The fraction of sp³-hybridized carbons (Fsp3) is 0.290. The number of rotatable bonds is 7. The number of nitrogens with one attached hydrogen (secondary N) is 1. The van der Waals surface area contributed by atoms with Crippen molar-refractivity contribution >= 4 is 34.3 Å². The van der Waals surface area contributed by atoms with E-state index in [1.165, 1.54) is 0 Å². The van der Waals surface area contributed by atoms with Gasteiger partial charge in [0.05, 0.1) is 10.5 Å². The molecule has 7 nitrogen and oxygen atoms in total. The van der Waals surface area contributed by atoms with Crippen LogP contribution < -0.4 is 15.8 Å². The fourth-order valence-corrected chi connectivity index (χ4v) is 5.72. The molecular weight excluding hydrogens is 569 g/mol. The number of carbonyl (C=O) groups is 2. The van der Waals surface area contributed by atoms with Crippen LogP contribution in [0.15, 0.2) is 42.6 Å². The largest absolute Gasteiger partial charge is 0.489 e. The van der Waals surface area contributed by atoms with Crippen molar-refractivity contribution in [3.8, 4) is 17.0 Å². The first-order valence-corrected chi connectivity index (χ1v) is 13.8. The van der Waals surface area contributed by atoms with E-state index in [0.717, 1.165) is 23.8 Å². The van der Waals surface area contributed by atoms with Crippen LogP contribution in [0.2, 0.25) is 5.02 Å². The van der Waals surface area contributed by atoms with Gasteiger partial charge in [-0.1, -0.05) is 11.6 Å². The Kier molecular flexibility index (Phi) is 6.84. The van der Waals surface area contributed by atoms with Crippen molar-refractivity contribution < 1.29 is 27.5 Å². The first-order valence-electron chi connectivity index (χ1n) is 13.4. The van der Waals surface area contributed by atoms with Crippen LogP contribution in [-0.2, 0) is 10.2 Å². The van der Waals surface area contributed by atoms with E-state index in [2.05, 4.69) is 15.3 Å². The molecule has 6 rings (SSSR count). The second-order valence-electron chi connectivity index (χ2n) is 11.2. The number of nitrogens with zero attached hydrogens (tertiary/aromatic N) is 2. The summed E-state index contributed by atoms with van der Waals surface area (Å²) in [5.41, 5.74) is 6.80. The topological polar surface area (TPSA) is 107 Å². The molecule has 2 amide bonds. The maximum atomic E-state index is 15.0. The van der Waals surface area contributed by atoms with E-state index in [4.69, 9.17) is 22.1 Å². The molecule has 2 aromatic heterocycles. The smallest absolute Gasteiger partial charge is 0.251 e. The molecule has 1 aliphatic carbocycles. The third-order valence-electron chi connectivity index (χ3n) is 8.09. The van der Waals surface area contributed by atoms with Gasteiger partial charge in [0.25, 0.3) is 5.91 Å². The summed E-state index contributed by atoms with van der Waals surface area (Å²) in [5, 5.41) is 4.04. The number of ether oxygens (including phenoxy) is 1. The molecule has 42 heavy (non-hydrogen) atoms. The Bertz CT molecular complexity index is 1800. The molecule has 0 spiro atoms. The fourth-order valence-electron chi connectivity index (χ4n) is 5.45. The van der Waals surface area contributed by atoms with Crippen LogP contribution in [0, 0.1) is 30.3 Å². The van der Waals surface area contributed by atoms with Crippen LogP contribution in [0.1, 0.15) is 52.9 Å². The molecule has 216 valence electrons. The Morgan fingerprint density at radius 2 is 1.86 bits per heavy atom. The normalized spacial score (nSPS) is 18.4. The zero-order valence-corrected chi connectivity index (χ0v) is 23.5. The molecular formula is C31H26ClF3N4O3. The Morgan fingerprint density at radius 3 is 2.57 bits per heavy atom. The van der Waals surface area contributed by atoms with Crippen molar-refractivity contribution in [2.24, 2.45) is 11.7 Å². The Hall–Kier alpha value is -4.18. The average Bonchev–Trinajstić information content (AvgIpc) is 3.72. The Labute approximate surface area is 244 Å². The minimum Gasteiger partial charge on any atom is -0.489 e. The number of aryl methyl sites for hydroxylation is 1. The molecule has 0 unspecified atom stereocenters. The van der Waals surface area contributed by atoms with Gasteiger partial charge < -0.3 is 15.8 Å². The molecule has 1 fully saturated rings. The molecule has 2 aromatic carbocycles. The SMILES string of the molecule is Cc1cnc2c(Cl)cc(C(=O)NC[C@H](c3cc4c(c(-c5cc(F)c(F)cc5F)n3)OC[C@]4(C)C(N)=O)C3CC3)cc2c1. The summed E-state index contributed by atoms with van der Waals surface area (Å²) in [5.74, 6) is -4.76. The van der Waals surface area contributed by atoms with Gasteiger partial charge in [-0.3, -0.25) is 14.6 Å². The number of hydrogen-bond donors (Lipinski definition) is 2. The van der Waals surface area contributed by atoms with Gasteiger partial charge in [0.2, 0.25) is 5.91 Å². The minimum atomic E-state index is -1.34. The highest BCUT2D eigenvalue weighted by Crippen LogP contribution is 2.48. The van der Waals surface area contributed by atoms with Crippen molar-refractivity contribution in [3.63, 3.8) is 0 Å². The van der Waals surface area contributed by atoms with Crippen LogP contribution >= 0.6 is 11.6 Å². The van der Waals surface area contributed by atoms with Crippen molar-refractivity contribution in [2.45, 2.75) is 38.0 Å². The lowest BCUT2D eigenvalue weighted by molar-refractivity contribution is -0.123. The standard InChI is InChI=1S/C31H26ClF3N4O3/c1-14-5-16-6-17(7-21(32)26(16)37-11-14)29(40)38-12-19(15-3-4-15)25-9-20-28(42-13-31(20,2)30(36)41)27(39-25)18-8-23(34)24(35)10-22(18)33/h5-11,15,19H,3-4,12-13H2,1-2H3,(H2,36,41)(H,38,40)/t19-,31-/m0/s1. The highest BCUT2D eigenvalue weighted by atomic mass is 35.5. The van der Waals surface area contributed by atoms with Crippen LogP contribution in [0.5, 0.6) is 5.75 Å². The summed E-state index contributed by atoms with van der Waals surface area (Å²) in [6.45, 7) is 3.55. The summed E-state index contributed by atoms with van der Waals surface area (Å²) in [7, 11) is 0. The van der Waals surface area contributed by atoms with E-state index in [1.54, 1.807) is 31.3 Å². The molecule has 4 aromatic rings. The third-order valence-corrected chi connectivity index (χ3v) is 8.38. The summed E-state index contributed by atoms with van der Waals surface area (Å²) >= 11 is 6.41. The van der Waals surface area contributed by atoms with E-state index in [9.17, 15) is 22.8 Å². The first kappa shape index (κ1) is 28.0. The lowest BCUT2D eigenvalue weighted by Gasteiger charge is -2.22. The van der Waals surface area contributed by atoms with Crippen LogP contribution in [-0.4, -0.2) is 34.9 Å². The zero-order valence-electron chi connectivity index (χ0n) is 22.7. The molecule has 3 N–H and O–H groups in total. The lowest BCUT2D eigenvalue weighted by atomic mass is 9.82. The quantitative estimate of drug-likeness (QED) is 0.266. The van der Waals surface area contributed by atoms with Gasteiger partial charge in [-0.05, 0) is 68.5 Å². The summed E-state index contributed by atoms with van der Waals surface area (Å²) in [4.78, 5) is 34.8. The summed E-state index contributed by atoms with van der Waals surface area (Å²) in [6.07, 6.45) is 3.43. The molecule has 0 radical (unpaired) electrons. The van der Waals surface area contributed by atoms with Gasteiger partial charge in [-0.25, -0.2) is 18.2 Å². The number of primary amides is 1. The molecule has 1 saturated carbocycles. The third kappa shape index (κ3) is 4.83. The second kappa shape index (κ2) is 10.3. The zero-order chi connectivity index (χ0) is 29.9. The van der Waals surface area contributed by atoms with Gasteiger partial charge in [0.1, 0.15) is 29.3 Å². The van der Waals surface area contributed by atoms with Crippen LogP contribution in [0.25, 0.3) is 22.2 Å². The van der Waals surface area contributed by atoms with Crippen LogP contribution in [0.3, 0.4) is 0 Å². The highest BCUT2D eigenvalue weighted by molar-refractivity contribution is 6.35. The van der Waals surface area contributed by atoms with E-state index in [0.29, 0.717) is 39.5 Å². The van der Waals surface area contributed by atoms with Crippen LogP contribution in [0.4, 0.5) is 13.2 Å². The first-order chi connectivity index (χ1) is 20.0. The van der Waals surface area contributed by atoms with Crippen molar-refractivity contribution in [2.75, 3.05) is 13.2 Å². The van der Waals surface area contributed by atoms with Crippen molar-refractivity contribution in [1.82, 2.24) is 15.3 Å². The van der Waals surface area contributed by atoms with Gasteiger partial charge in [0.15, 0.2) is 11.6 Å². The number of hydrogen-bond acceptors (Lipinski definition) is 5. The van der Waals surface area contributed by atoms with Crippen molar-refractivity contribution in [3.05, 3.63) is 87.5 Å². The monoisotopic (exact) mass is 594 g/mol. The Balaban J connectivity index is 1.39. The maximum Gasteiger partial charge on any atom is 0.251 e.